The highest BCUT2D eigenvalue weighted by molar-refractivity contribution is 6.01. The first-order chi connectivity index (χ1) is 7.54. The van der Waals surface area contributed by atoms with E-state index in [-0.39, 0.29) is 5.54 Å². The van der Waals surface area contributed by atoms with Gasteiger partial charge in [0, 0.05) is 12.7 Å². The second-order valence-electron chi connectivity index (χ2n) is 4.30. The van der Waals surface area contributed by atoms with Gasteiger partial charge in [-0.3, -0.25) is 0 Å². The standard InChI is InChI=1S/C13H16N2O/c1-9-13(2,3)15-12(16-9)10-7-5-6-8-11(10)14-4/h5-8,14H,1H2,2-4H3. The zero-order chi connectivity index (χ0) is 11.8. The molecular formula is C13H16N2O. The number of anilines is 1. The molecule has 2 rings (SSSR count). The maximum absolute atomic E-state index is 5.62. The first kappa shape index (κ1) is 10.7. The lowest BCUT2D eigenvalue weighted by molar-refractivity contribution is 0.384. The van der Waals surface area contributed by atoms with Crippen LogP contribution in [0.15, 0.2) is 41.6 Å². The summed E-state index contributed by atoms with van der Waals surface area (Å²) in [6.45, 7) is 7.86. The zero-order valence-electron chi connectivity index (χ0n) is 9.87. The highest BCUT2D eigenvalue weighted by Gasteiger charge is 2.32. The van der Waals surface area contributed by atoms with Crippen molar-refractivity contribution in [3.8, 4) is 0 Å². The second-order valence-corrected chi connectivity index (χ2v) is 4.30. The molecule has 16 heavy (non-hydrogen) atoms. The van der Waals surface area contributed by atoms with Crippen LogP contribution in [0.1, 0.15) is 19.4 Å². The smallest absolute Gasteiger partial charge is 0.224 e. The molecule has 0 amide bonds. The van der Waals surface area contributed by atoms with Crippen molar-refractivity contribution >= 4 is 11.6 Å². The van der Waals surface area contributed by atoms with Crippen molar-refractivity contribution in [2.75, 3.05) is 12.4 Å². The molecule has 3 heteroatoms. The number of hydrogen-bond donors (Lipinski definition) is 1. The predicted molar refractivity (Wildman–Crippen MR) is 66.8 cm³/mol. The average molecular weight is 216 g/mol. The van der Waals surface area contributed by atoms with Crippen LogP contribution in [0.25, 0.3) is 0 Å². The van der Waals surface area contributed by atoms with Gasteiger partial charge in [-0.1, -0.05) is 18.7 Å². The number of nitrogens with zero attached hydrogens (tertiary/aromatic N) is 1. The molecule has 1 N–H and O–H groups in total. The van der Waals surface area contributed by atoms with E-state index in [0.29, 0.717) is 11.7 Å². The van der Waals surface area contributed by atoms with E-state index in [1.807, 2.05) is 45.2 Å². The van der Waals surface area contributed by atoms with E-state index < -0.39 is 0 Å². The maximum atomic E-state index is 5.62. The summed E-state index contributed by atoms with van der Waals surface area (Å²) in [5.41, 5.74) is 1.64. The fourth-order valence-electron chi connectivity index (χ4n) is 1.58. The van der Waals surface area contributed by atoms with Crippen LogP contribution in [-0.2, 0) is 4.74 Å². The predicted octanol–water partition coefficient (Wildman–Crippen LogP) is 2.80. The Morgan fingerprint density at radius 2 is 2.00 bits per heavy atom. The number of rotatable bonds is 2. The van der Waals surface area contributed by atoms with Crippen LogP contribution in [0.2, 0.25) is 0 Å². The lowest BCUT2D eigenvalue weighted by Crippen LogP contribution is -2.14. The van der Waals surface area contributed by atoms with Gasteiger partial charge in [0.15, 0.2) is 0 Å². The highest BCUT2D eigenvalue weighted by Crippen LogP contribution is 2.31. The Morgan fingerprint density at radius 3 is 2.56 bits per heavy atom. The lowest BCUT2D eigenvalue weighted by Gasteiger charge is -2.11. The molecule has 0 radical (unpaired) electrons. The van der Waals surface area contributed by atoms with E-state index in [4.69, 9.17) is 4.74 Å². The summed E-state index contributed by atoms with van der Waals surface area (Å²) < 4.78 is 5.62. The topological polar surface area (TPSA) is 33.6 Å². The van der Waals surface area contributed by atoms with Crippen LogP contribution < -0.4 is 5.32 Å². The minimum atomic E-state index is -0.337. The number of hydrogen-bond acceptors (Lipinski definition) is 3. The Balaban J connectivity index is 2.44. The number of ether oxygens (including phenoxy) is 1. The van der Waals surface area contributed by atoms with Crippen LogP contribution in [0.5, 0.6) is 0 Å². The summed E-state index contributed by atoms with van der Waals surface area (Å²) >= 11 is 0. The summed E-state index contributed by atoms with van der Waals surface area (Å²) in [5.74, 6) is 1.33. The van der Waals surface area contributed by atoms with E-state index in [1.165, 1.54) is 0 Å². The number of benzene rings is 1. The number of para-hydroxylation sites is 1. The molecule has 0 unspecified atom stereocenters. The largest absolute Gasteiger partial charge is 0.441 e. The van der Waals surface area contributed by atoms with Gasteiger partial charge >= 0.3 is 0 Å². The molecule has 0 atom stereocenters. The Kier molecular flexibility index (Phi) is 2.46. The molecule has 84 valence electrons. The van der Waals surface area contributed by atoms with Gasteiger partial charge in [-0.2, -0.15) is 0 Å². The van der Waals surface area contributed by atoms with E-state index >= 15 is 0 Å². The van der Waals surface area contributed by atoms with Crippen molar-refractivity contribution < 1.29 is 4.74 Å². The van der Waals surface area contributed by atoms with Crippen molar-refractivity contribution in [1.82, 2.24) is 0 Å². The minimum Gasteiger partial charge on any atom is -0.441 e. The molecule has 0 aromatic heterocycles. The van der Waals surface area contributed by atoms with E-state index in [2.05, 4.69) is 16.9 Å². The first-order valence-electron chi connectivity index (χ1n) is 5.29. The molecule has 3 nitrogen and oxygen atoms in total. The van der Waals surface area contributed by atoms with Crippen LogP contribution >= 0.6 is 0 Å². The van der Waals surface area contributed by atoms with E-state index in [9.17, 15) is 0 Å². The van der Waals surface area contributed by atoms with Gasteiger partial charge in [-0.15, -0.1) is 0 Å². The van der Waals surface area contributed by atoms with Crippen molar-refractivity contribution in [3.05, 3.63) is 42.2 Å². The van der Waals surface area contributed by atoms with Crippen LogP contribution in [-0.4, -0.2) is 18.5 Å². The fourth-order valence-corrected chi connectivity index (χ4v) is 1.58. The quantitative estimate of drug-likeness (QED) is 0.824. The summed E-state index contributed by atoms with van der Waals surface area (Å²) in [4.78, 5) is 4.54. The molecule has 1 aromatic rings. The van der Waals surface area contributed by atoms with Gasteiger partial charge in [-0.05, 0) is 26.0 Å². The number of aliphatic imine (C=N–C) groups is 1. The summed E-state index contributed by atoms with van der Waals surface area (Å²) in [5, 5.41) is 3.12. The summed E-state index contributed by atoms with van der Waals surface area (Å²) in [7, 11) is 1.88. The molecule has 0 spiro atoms. The summed E-state index contributed by atoms with van der Waals surface area (Å²) in [6.07, 6.45) is 0. The molecule has 1 aromatic carbocycles. The molecule has 0 saturated carbocycles. The van der Waals surface area contributed by atoms with Gasteiger partial charge in [0.05, 0.1) is 5.56 Å². The van der Waals surface area contributed by atoms with Crippen LogP contribution in [0, 0.1) is 0 Å². The van der Waals surface area contributed by atoms with E-state index in [0.717, 1.165) is 11.3 Å². The summed E-state index contributed by atoms with van der Waals surface area (Å²) in [6, 6.07) is 7.93. The third-order valence-corrected chi connectivity index (χ3v) is 2.71. The fraction of sp³-hybridized carbons (Fsp3) is 0.308. The van der Waals surface area contributed by atoms with Gasteiger partial charge in [0.2, 0.25) is 5.90 Å². The minimum absolute atomic E-state index is 0.337. The van der Waals surface area contributed by atoms with Crippen molar-refractivity contribution in [2.24, 2.45) is 4.99 Å². The third-order valence-electron chi connectivity index (χ3n) is 2.71. The van der Waals surface area contributed by atoms with Gasteiger partial charge in [0.1, 0.15) is 11.3 Å². The maximum Gasteiger partial charge on any atom is 0.224 e. The molecular weight excluding hydrogens is 200 g/mol. The normalized spacial score (nSPS) is 17.9. The molecule has 1 heterocycles. The Morgan fingerprint density at radius 1 is 1.31 bits per heavy atom. The van der Waals surface area contributed by atoms with Crippen molar-refractivity contribution in [2.45, 2.75) is 19.4 Å². The molecule has 0 bridgehead atoms. The molecule has 0 aliphatic carbocycles. The van der Waals surface area contributed by atoms with Gasteiger partial charge in [-0.25, -0.2) is 4.99 Å². The number of nitrogens with one attached hydrogen (secondary N) is 1. The van der Waals surface area contributed by atoms with E-state index in [1.54, 1.807) is 0 Å². The van der Waals surface area contributed by atoms with Crippen LogP contribution in [0.4, 0.5) is 5.69 Å². The van der Waals surface area contributed by atoms with Crippen molar-refractivity contribution in [3.63, 3.8) is 0 Å². The Bertz CT molecular complexity index is 461. The SMILES string of the molecule is C=C1OC(c2ccccc2NC)=NC1(C)C. The Hall–Kier alpha value is -1.77. The Labute approximate surface area is 95.8 Å². The first-order valence-corrected chi connectivity index (χ1v) is 5.29. The van der Waals surface area contributed by atoms with Crippen molar-refractivity contribution in [1.29, 1.82) is 0 Å². The lowest BCUT2D eigenvalue weighted by atomic mass is 10.1. The molecule has 1 aliphatic rings. The second kappa shape index (κ2) is 3.67. The molecule has 0 fully saturated rings. The monoisotopic (exact) mass is 216 g/mol. The van der Waals surface area contributed by atoms with Crippen LogP contribution in [0.3, 0.4) is 0 Å². The highest BCUT2D eigenvalue weighted by atomic mass is 16.5. The van der Waals surface area contributed by atoms with Gasteiger partial charge < -0.3 is 10.1 Å². The average Bonchev–Trinajstić information content (AvgIpc) is 2.53. The zero-order valence-corrected chi connectivity index (χ0v) is 9.87. The molecule has 1 aliphatic heterocycles. The third kappa shape index (κ3) is 1.69. The van der Waals surface area contributed by atoms with Gasteiger partial charge in [0.25, 0.3) is 0 Å². The molecule has 0 saturated heterocycles.